The van der Waals surface area contributed by atoms with Crippen LogP contribution in [-0.4, -0.2) is 64.4 Å². The molecule has 0 aliphatic carbocycles. The van der Waals surface area contributed by atoms with Crippen molar-refractivity contribution in [2.45, 2.75) is 40.7 Å². The molecule has 9 heteroatoms. The molecule has 32 heavy (non-hydrogen) atoms. The maximum absolute atomic E-state index is 13.2. The van der Waals surface area contributed by atoms with E-state index in [4.69, 9.17) is 12.2 Å². The fourth-order valence-electron chi connectivity index (χ4n) is 4.09. The number of thioether (sulfide) groups is 1. The molecule has 2 fully saturated rings. The Kier molecular flexibility index (Phi) is 7.80. The van der Waals surface area contributed by atoms with E-state index in [1.807, 2.05) is 13.0 Å². The third-order valence-corrected chi connectivity index (χ3v) is 7.17. The standard InChI is InChI=1S/C23H31N5O2S2/c1-6-7-27-20(26-10-8-25(5)9-11-26)17(16(4)18(13-24)21(27)29)12-19-22(30)28(14-15(2)3)23(31)32-19/h12,15H,6-11,14H2,1-5H3/b19-12-. The van der Waals surface area contributed by atoms with Gasteiger partial charge in [0.1, 0.15) is 21.8 Å². The van der Waals surface area contributed by atoms with Gasteiger partial charge in [-0.1, -0.05) is 44.8 Å². The van der Waals surface area contributed by atoms with Crippen LogP contribution in [0.25, 0.3) is 6.08 Å². The molecule has 0 bridgehead atoms. The number of thiocarbonyl (C=S) groups is 1. The molecule has 0 saturated carbocycles. The number of nitriles is 1. The molecule has 2 saturated heterocycles. The van der Waals surface area contributed by atoms with Crippen molar-refractivity contribution in [3.63, 3.8) is 0 Å². The molecule has 172 valence electrons. The number of carbonyl (C=O) groups excluding carboxylic acids is 1. The smallest absolute Gasteiger partial charge is 0.270 e. The van der Waals surface area contributed by atoms with E-state index in [-0.39, 0.29) is 17.0 Å². The summed E-state index contributed by atoms with van der Waals surface area (Å²) in [6, 6.07) is 2.10. The van der Waals surface area contributed by atoms with E-state index >= 15 is 0 Å². The Balaban J connectivity index is 2.20. The second kappa shape index (κ2) is 10.2. The molecule has 2 aliphatic rings. The molecule has 3 heterocycles. The molecule has 3 rings (SSSR count). The van der Waals surface area contributed by atoms with Crippen LogP contribution >= 0.6 is 24.0 Å². The molecule has 0 radical (unpaired) electrons. The third kappa shape index (κ3) is 4.77. The Bertz CT molecular complexity index is 1050. The maximum atomic E-state index is 13.2. The summed E-state index contributed by atoms with van der Waals surface area (Å²) < 4.78 is 2.27. The van der Waals surface area contributed by atoms with E-state index in [0.29, 0.717) is 33.8 Å². The Labute approximate surface area is 199 Å². The van der Waals surface area contributed by atoms with Gasteiger partial charge in [-0.3, -0.25) is 19.1 Å². The minimum absolute atomic E-state index is 0.107. The summed E-state index contributed by atoms with van der Waals surface area (Å²) >= 11 is 6.77. The summed E-state index contributed by atoms with van der Waals surface area (Å²) in [4.78, 5) is 33.0. The summed E-state index contributed by atoms with van der Waals surface area (Å²) in [6.07, 6.45) is 2.61. The molecule has 0 atom stereocenters. The molecule has 7 nitrogen and oxygen atoms in total. The van der Waals surface area contributed by atoms with Crippen molar-refractivity contribution in [1.82, 2.24) is 14.4 Å². The first-order chi connectivity index (χ1) is 15.2. The van der Waals surface area contributed by atoms with E-state index < -0.39 is 0 Å². The summed E-state index contributed by atoms with van der Waals surface area (Å²) in [5.41, 5.74) is 1.27. The number of amides is 1. The van der Waals surface area contributed by atoms with Crippen LogP contribution in [0.2, 0.25) is 0 Å². The molecule has 0 aromatic carbocycles. The zero-order valence-corrected chi connectivity index (χ0v) is 21.1. The normalized spacial score (nSPS) is 18.8. The number of anilines is 1. The van der Waals surface area contributed by atoms with Crippen LogP contribution in [0.4, 0.5) is 5.82 Å². The summed E-state index contributed by atoms with van der Waals surface area (Å²) in [5, 5.41) is 9.74. The number of carbonyl (C=O) groups is 1. The van der Waals surface area contributed by atoms with Gasteiger partial charge in [0.2, 0.25) is 0 Å². The summed E-state index contributed by atoms with van der Waals surface area (Å²) in [7, 11) is 2.08. The molecule has 0 spiro atoms. The van der Waals surface area contributed by atoms with Gasteiger partial charge in [-0.15, -0.1) is 0 Å². The number of aromatic nitrogens is 1. The highest BCUT2D eigenvalue weighted by atomic mass is 32.2. The Hall–Kier alpha value is -2.15. The minimum atomic E-state index is -0.259. The van der Waals surface area contributed by atoms with Crippen molar-refractivity contribution in [3.05, 3.63) is 31.9 Å². The van der Waals surface area contributed by atoms with Crippen molar-refractivity contribution in [3.8, 4) is 6.07 Å². The first-order valence-corrected chi connectivity index (χ1v) is 12.3. The molecule has 0 N–H and O–H groups in total. The van der Waals surface area contributed by atoms with E-state index in [0.717, 1.165) is 44.0 Å². The highest BCUT2D eigenvalue weighted by Gasteiger charge is 2.33. The van der Waals surface area contributed by atoms with Crippen LogP contribution in [0, 0.1) is 24.2 Å². The van der Waals surface area contributed by atoms with E-state index in [1.165, 1.54) is 11.8 Å². The van der Waals surface area contributed by atoms with E-state index in [2.05, 4.69) is 36.8 Å². The molecular formula is C23H31N5O2S2. The monoisotopic (exact) mass is 473 g/mol. The van der Waals surface area contributed by atoms with Gasteiger partial charge in [-0.2, -0.15) is 5.26 Å². The van der Waals surface area contributed by atoms with Crippen molar-refractivity contribution >= 4 is 46.1 Å². The first-order valence-electron chi connectivity index (χ1n) is 11.1. The summed E-state index contributed by atoms with van der Waals surface area (Å²) in [5.74, 6) is 0.996. The molecule has 1 amide bonds. The number of hydrogen-bond donors (Lipinski definition) is 0. The largest absolute Gasteiger partial charge is 0.355 e. The zero-order chi connectivity index (χ0) is 23.6. The maximum Gasteiger partial charge on any atom is 0.270 e. The minimum Gasteiger partial charge on any atom is -0.355 e. The van der Waals surface area contributed by atoms with Gasteiger partial charge in [-0.05, 0) is 37.9 Å². The van der Waals surface area contributed by atoms with Gasteiger partial charge in [0.15, 0.2) is 0 Å². The fourth-order valence-corrected chi connectivity index (χ4v) is 5.34. The predicted molar refractivity (Wildman–Crippen MR) is 135 cm³/mol. The van der Waals surface area contributed by atoms with Crippen LogP contribution in [0.1, 0.15) is 43.9 Å². The second-order valence-electron chi connectivity index (χ2n) is 8.78. The number of nitrogens with zero attached hydrogens (tertiary/aromatic N) is 5. The van der Waals surface area contributed by atoms with Gasteiger partial charge in [-0.25, -0.2) is 0 Å². The van der Waals surface area contributed by atoms with Crippen molar-refractivity contribution in [1.29, 1.82) is 5.26 Å². The lowest BCUT2D eigenvalue weighted by molar-refractivity contribution is -0.122. The number of likely N-dealkylation sites (N-methyl/N-ethyl adjacent to an activating group) is 1. The first kappa shape index (κ1) is 24.5. The lowest BCUT2D eigenvalue weighted by atomic mass is 10.0. The predicted octanol–water partition coefficient (Wildman–Crippen LogP) is 3.05. The van der Waals surface area contributed by atoms with Crippen LogP contribution in [0.15, 0.2) is 9.70 Å². The highest BCUT2D eigenvalue weighted by molar-refractivity contribution is 8.26. The zero-order valence-electron chi connectivity index (χ0n) is 19.5. The Morgan fingerprint density at radius 2 is 1.88 bits per heavy atom. The topological polar surface area (TPSA) is 72.6 Å². The number of piperazine rings is 1. The quantitative estimate of drug-likeness (QED) is 0.464. The van der Waals surface area contributed by atoms with E-state index in [1.54, 1.807) is 16.4 Å². The van der Waals surface area contributed by atoms with E-state index in [9.17, 15) is 14.9 Å². The average Bonchev–Trinajstić information content (AvgIpc) is 3.00. The van der Waals surface area contributed by atoms with Gasteiger partial charge >= 0.3 is 0 Å². The van der Waals surface area contributed by atoms with Gasteiger partial charge in [0, 0.05) is 44.8 Å². The Morgan fingerprint density at radius 3 is 2.44 bits per heavy atom. The van der Waals surface area contributed by atoms with Crippen molar-refractivity contribution in [2.75, 3.05) is 44.7 Å². The van der Waals surface area contributed by atoms with Crippen LogP contribution in [0.5, 0.6) is 0 Å². The van der Waals surface area contributed by atoms with Gasteiger partial charge in [0.25, 0.3) is 11.5 Å². The highest BCUT2D eigenvalue weighted by Crippen LogP contribution is 2.36. The van der Waals surface area contributed by atoms with Crippen molar-refractivity contribution < 1.29 is 4.79 Å². The summed E-state index contributed by atoms with van der Waals surface area (Å²) in [6.45, 7) is 12.3. The lowest BCUT2D eigenvalue weighted by Gasteiger charge is -2.36. The molecule has 1 aromatic heterocycles. The molecule has 2 aliphatic heterocycles. The SMILES string of the molecule is CCCn1c(N2CCN(C)CC2)c(/C=C2\SC(=S)N(CC(C)C)C2=O)c(C)c(C#N)c1=O. The number of pyridine rings is 1. The third-order valence-electron chi connectivity index (χ3n) is 5.79. The molecular weight excluding hydrogens is 442 g/mol. The molecule has 1 aromatic rings. The number of rotatable bonds is 6. The number of hydrogen-bond acceptors (Lipinski definition) is 7. The average molecular weight is 474 g/mol. The second-order valence-corrected chi connectivity index (χ2v) is 10.5. The van der Waals surface area contributed by atoms with Crippen molar-refractivity contribution in [2.24, 2.45) is 5.92 Å². The van der Waals surface area contributed by atoms with Crippen LogP contribution in [0.3, 0.4) is 0 Å². The Morgan fingerprint density at radius 1 is 1.22 bits per heavy atom. The van der Waals surface area contributed by atoms with Gasteiger partial charge in [0.05, 0.1) is 4.91 Å². The van der Waals surface area contributed by atoms with Crippen LogP contribution < -0.4 is 10.5 Å². The fraction of sp³-hybridized carbons (Fsp3) is 0.565. The van der Waals surface area contributed by atoms with Crippen LogP contribution in [-0.2, 0) is 11.3 Å². The lowest BCUT2D eigenvalue weighted by Crippen LogP contribution is -2.47. The van der Waals surface area contributed by atoms with Gasteiger partial charge < -0.3 is 9.80 Å². The molecule has 0 unspecified atom stereocenters.